The van der Waals surface area contributed by atoms with Crippen LogP contribution in [0.25, 0.3) is 21.9 Å². The standard InChI is InChI=1S/C25H19NO3/c1-17(27)29-22-12-7-11-21(16-22)26-25(28)24-15-20(18-8-3-2-4-9-18)14-19-10-5-6-13-23(19)24/h2-16H,1H3,(H,26,28). The van der Waals surface area contributed by atoms with Crippen LogP contribution in [0, 0.1) is 0 Å². The minimum Gasteiger partial charge on any atom is -0.427 e. The highest BCUT2D eigenvalue weighted by atomic mass is 16.5. The van der Waals surface area contributed by atoms with Gasteiger partial charge in [0.05, 0.1) is 0 Å². The number of esters is 1. The lowest BCUT2D eigenvalue weighted by Crippen LogP contribution is -2.13. The fourth-order valence-corrected chi connectivity index (χ4v) is 3.30. The van der Waals surface area contributed by atoms with E-state index in [4.69, 9.17) is 4.74 Å². The Balaban J connectivity index is 1.73. The lowest BCUT2D eigenvalue weighted by atomic mass is 9.96. The van der Waals surface area contributed by atoms with Crippen molar-refractivity contribution in [3.63, 3.8) is 0 Å². The first-order valence-electron chi connectivity index (χ1n) is 9.28. The van der Waals surface area contributed by atoms with E-state index in [1.165, 1.54) is 6.92 Å². The number of carbonyl (C=O) groups excluding carboxylic acids is 2. The van der Waals surface area contributed by atoms with Crippen molar-refractivity contribution in [1.29, 1.82) is 0 Å². The zero-order valence-electron chi connectivity index (χ0n) is 15.9. The van der Waals surface area contributed by atoms with Gasteiger partial charge in [0.15, 0.2) is 0 Å². The SMILES string of the molecule is CC(=O)Oc1cccc(NC(=O)c2cc(-c3ccccc3)cc3ccccc23)c1. The van der Waals surface area contributed by atoms with Crippen LogP contribution in [0.1, 0.15) is 17.3 Å². The van der Waals surface area contributed by atoms with Gasteiger partial charge in [0.2, 0.25) is 0 Å². The smallest absolute Gasteiger partial charge is 0.308 e. The monoisotopic (exact) mass is 381 g/mol. The second kappa shape index (κ2) is 7.98. The van der Waals surface area contributed by atoms with E-state index < -0.39 is 5.97 Å². The molecule has 4 aromatic rings. The van der Waals surface area contributed by atoms with Crippen molar-refractivity contribution in [1.82, 2.24) is 0 Å². The van der Waals surface area contributed by atoms with Gasteiger partial charge >= 0.3 is 5.97 Å². The Kier molecular flexibility index (Phi) is 5.08. The second-order valence-electron chi connectivity index (χ2n) is 6.69. The molecule has 0 heterocycles. The molecule has 0 radical (unpaired) electrons. The van der Waals surface area contributed by atoms with E-state index in [9.17, 15) is 9.59 Å². The molecular formula is C25H19NO3. The van der Waals surface area contributed by atoms with E-state index in [1.807, 2.05) is 60.7 Å². The highest BCUT2D eigenvalue weighted by molar-refractivity contribution is 6.14. The minimum atomic E-state index is -0.407. The van der Waals surface area contributed by atoms with E-state index in [1.54, 1.807) is 24.3 Å². The zero-order valence-corrected chi connectivity index (χ0v) is 15.9. The molecule has 29 heavy (non-hydrogen) atoms. The summed E-state index contributed by atoms with van der Waals surface area (Å²) in [5.41, 5.74) is 3.16. The Hall–Kier alpha value is -3.92. The Labute approximate surface area is 168 Å². The third-order valence-electron chi connectivity index (χ3n) is 4.57. The van der Waals surface area contributed by atoms with Gasteiger partial charge < -0.3 is 10.1 Å². The number of hydrogen-bond acceptors (Lipinski definition) is 3. The molecule has 0 saturated heterocycles. The first-order valence-corrected chi connectivity index (χ1v) is 9.28. The van der Waals surface area contributed by atoms with Crippen LogP contribution >= 0.6 is 0 Å². The molecule has 0 aliphatic heterocycles. The number of ether oxygens (including phenoxy) is 1. The van der Waals surface area contributed by atoms with Gasteiger partial charge in [0.25, 0.3) is 5.91 Å². The van der Waals surface area contributed by atoms with Crippen LogP contribution in [-0.2, 0) is 4.79 Å². The molecule has 4 rings (SSSR count). The predicted octanol–water partition coefficient (Wildman–Crippen LogP) is 5.68. The number of amides is 1. The summed E-state index contributed by atoms with van der Waals surface area (Å²) in [6.07, 6.45) is 0. The van der Waals surface area contributed by atoms with Gasteiger partial charge in [0, 0.05) is 24.2 Å². The topological polar surface area (TPSA) is 55.4 Å². The van der Waals surface area contributed by atoms with E-state index in [0.717, 1.165) is 21.9 Å². The van der Waals surface area contributed by atoms with Crippen LogP contribution < -0.4 is 10.1 Å². The summed E-state index contributed by atoms with van der Waals surface area (Å²) in [5.74, 6) is -0.243. The molecule has 0 fully saturated rings. The highest BCUT2D eigenvalue weighted by Gasteiger charge is 2.13. The lowest BCUT2D eigenvalue weighted by Gasteiger charge is -2.12. The molecule has 1 N–H and O–H groups in total. The van der Waals surface area contributed by atoms with Gasteiger partial charge in [-0.25, -0.2) is 0 Å². The van der Waals surface area contributed by atoms with E-state index in [0.29, 0.717) is 17.0 Å². The summed E-state index contributed by atoms with van der Waals surface area (Å²) >= 11 is 0. The van der Waals surface area contributed by atoms with Gasteiger partial charge in [-0.2, -0.15) is 0 Å². The number of benzene rings is 4. The van der Waals surface area contributed by atoms with Crippen molar-refractivity contribution in [2.75, 3.05) is 5.32 Å². The molecule has 4 heteroatoms. The van der Waals surface area contributed by atoms with Crippen molar-refractivity contribution < 1.29 is 14.3 Å². The molecule has 1 amide bonds. The maximum absolute atomic E-state index is 13.1. The Bertz CT molecular complexity index is 1200. The lowest BCUT2D eigenvalue weighted by molar-refractivity contribution is -0.131. The zero-order chi connectivity index (χ0) is 20.2. The molecule has 0 spiro atoms. The van der Waals surface area contributed by atoms with Crippen molar-refractivity contribution >= 4 is 28.3 Å². The number of carbonyl (C=O) groups is 2. The van der Waals surface area contributed by atoms with Crippen molar-refractivity contribution in [2.24, 2.45) is 0 Å². The van der Waals surface area contributed by atoms with Crippen LogP contribution in [0.2, 0.25) is 0 Å². The van der Waals surface area contributed by atoms with Gasteiger partial charge in [-0.05, 0) is 46.2 Å². The molecule has 0 aliphatic carbocycles. The van der Waals surface area contributed by atoms with E-state index in [2.05, 4.69) is 11.4 Å². The fraction of sp³-hybridized carbons (Fsp3) is 0.0400. The van der Waals surface area contributed by atoms with E-state index in [-0.39, 0.29) is 5.91 Å². The number of hydrogen-bond donors (Lipinski definition) is 1. The maximum Gasteiger partial charge on any atom is 0.308 e. The molecule has 4 nitrogen and oxygen atoms in total. The van der Waals surface area contributed by atoms with Crippen LogP contribution in [-0.4, -0.2) is 11.9 Å². The minimum absolute atomic E-state index is 0.223. The second-order valence-corrected chi connectivity index (χ2v) is 6.69. The summed E-state index contributed by atoms with van der Waals surface area (Å²) in [6.45, 7) is 1.34. The molecule has 0 bridgehead atoms. The van der Waals surface area contributed by atoms with Crippen molar-refractivity contribution in [3.8, 4) is 16.9 Å². The molecule has 0 saturated carbocycles. The van der Waals surface area contributed by atoms with Crippen molar-refractivity contribution in [2.45, 2.75) is 6.92 Å². The third-order valence-corrected chi connectivity index (χ3v) is 4.57. The molecule has 4 aromatic carbocycles. The highest BCUT2D eigenvalue weighted by Crippen LogP contribution is 2.29. The third kappa shape index (κ3) is 4.17. The number of nitrogens with one attached hydrogen (secondary N) is 1. The Morgan fingerprint density at radius 3 is 2.31 bits per heavy atom. The molecule has 0 atom stereocenters. The molecule has 0 aliphatic rings. The van der Waals surface area contributed by atoms with Gasteiger partial charge in [-0.15, -0.1) is 0 Å². The summed E-state index contributed by atoms with van der Waals surface area (Å²) < 4.78 is 5.10. The largest absolute Gasteiger partial charge is 0.427 e. The number of fused-ring (bicyclic) bond motifs is 1. The van der Waals surface area contributed by atoms with Crippen LogP contribution in [0.15, 0.2) is 91.0 Å². The fourth-order valence-electron chi connectivity index (χ4n) is 3.30. The summed E-state index contributed by atoms with van der Waals surface area (Å²) in [4.78, 5) is 24.3. The Morgan fingerprint density at radius 1 is 0.759 bits per heavy atom. The average Bonchev–Trinajstić information content (AvgIpc) is 2.73. The van der Waals surface area contributed by atoms with Crippen LogP contribution in [0.3, 0.4) is 0 Å². The van der Waals surface area contributed by atoms with Gasteiger partial charge in [0.1, 0.15) is 5.75 Å². The predicted molar refractivity (Wildman–Crippen MR) is 115 cm³/mol. The number of rotatable bonds is 4. The quantitative estimate of drug-likeness (QED) is 0.365. The molecule has 0 unspecified atom stereocenters. The van der Waals surface area contributed by atoms with Gasteiger partial charge in [-0.1, -0.05) is 60.7 Å². The maximum atomic E-state index is 13.1. The summed E-state index contributed by atoms with van der Waals surface area (Å²) in [6, 6.07) is 28.6. The van der Waals surface area contributed by atoms with Crippen LogP contribution in [0.4, 0.5) is 5.69 Å². The summed E-state index contributed by atoms with van der Waals surface area (Å²) in [7, 11) is 0. The molecular weight excluding hydrogens is 362 g/mol. The first-order chi connectivity index (χ1) is 14.1. The first kappa shape index (κ1) is 18.4. The van der Waals surface area contributed by atoms with Gasteiger partial charge in [-0.3, -0.25) is 9.59 Å². The van der Waals surface area contributed by atoms with Crippen molar-refractivity contribution in [3.05, 3.63) is 96.6 Å². The average molecular weight is 381 g/mol. The molecule has 142 valence electrons. The van der Waals surface area contributed by atoms with Crippen LogP contribution in [0.5, 0.6) is 5.75 Å². The molecule has 0 aromatic heterocycles. The number of anilines is 1. The Morgan fingerprint density at radius 2 is 1.52 bits per heavy atom. The normalized spacial score (nSPS) is 10.5. The summed E-state index contributed by atoms with van der Waals surface area (Å²) in [5, 5.41) is 4.78. The van der Waals surface area contributed by atoms with E-state index >= 15 is 0 Å².